The number of nitrogens with one attached hydrogen (secondary N) is 2. The van der Waals surface area contributed by atoms with Gasteiger partial charge in [0.25, 0.3) is 5.91 Å². The average Bonchev–Trinajstić information content (AvgIpc) is 3.28. The van der Waals surface area contributed by atoms with Crippen molar-refractivity contribution in [3.05, 3.63) is 47.8 Å². The summed E-state index contributed by atoms with van der Waals surface area (Å²) in [5.74, 6) is -0.953. The molecule has 0 bridgehead atoms. The van der Waals surface area contributed by atoms with Crippen LogP contribution in [0.4, 0.5) is 4.79 Å². The molecule has 30 heavy (non-hydrogen) atoms. The van der Waals surface area contributed by atoms with Gasteiger partial charge in [0, 0.05) is 12.0 Å². The van der Waals surface area contributed by atoms with Crippen molar-refractivity contribution in [2.45, 2.75) is 63.5 Å². The number of para-hydroxylation sites is 1. The van der Waals surface area contributed by atoms with Crippen molar-refractivity contribution in [1.29, 1.82) is 0 Å². The van der Waals surface area contributed by atoms with Crippen LogP contribution in [0.15, 0.2) is 36.4 Å². The zero-order chi connectivity index (χ0) is 21.1. The minimum absolute atomic E-state index is 0.0942. The van der Waals surface area contributed by atoms with Crippen molar-refractivity contribution in [2.24, 2.45) is 0 Å². The number of imide groups is 1. The minimum atomic E-state index is -1.12. The van der Waals surface area contributed by atoms with Crippen LogP contribution in [0.2, 0.25) is 0 Å². The largest absolute Gasteiger partial charge is 0.448 e. The van der Waals surface area contributed by atoms with E-state index >= 15 is 0 Å². The predicted octanol–water partition coefficient (Wildman–Crippen LogP) is 3.06. The molecule has 1 atom stereocenters. The summed E-state index contributed by atoms with van der Waals surface area (Å²) in [5, 5.41) is 9.60. The van der Waals surface area contributed by atoms with E-state index < -0.39 is 24.0 Å². The number of hydrogen-bond donors (Lipinski definition) is 2. The molecule has 2 fully saturated rings. The summed E-state index contributed by atoms with van der Waals surface area (Å²) in [6.45, 7) is 1.45. The van der Waals surface area contributed by atoms with Gasteiger partial charge in [0.15, 0.2) is 11.8 Å². The number of ether oxygens (including phenoxy) is 1. The molecule has 3 amide bonds. The second-order valence-electron chi connectivity index (χ2n) is 7.97. The fourth-order valence-corrected chi connectivity index (χ4v) is 3.67. The Hall–Kier alpha value is -3.16. The fraction of sp³-hybridized carbons (Fsp3) is 0.455. The molecule has 0 spiro atoms. The van der Waals surface area contributed by atoms with Crippen molar-refractivity contribution in [1.82, 2.24) is 20.4 Å². The van der Waals surface area contributed by atoms with Crippen LogP contribution in [0, 0.1) is 0 Å². The van der Waals surface area contributed by atoms with E-state index in [1.165, 1.54) is 6.92 Å². The van der Waals surface area contributed by atoms with Gasteiger partial charge >= 0.3 is 12.0 Å². The highest BCUT2D eigenvalue weighted by atomic mass is 16.5. The Morgan fingerprint density at radius 2 is 1.80 bits per heavy atom. The van der Waals surface area contributed by atoms with E-state index in [9.17, 15) is 14.4 Å². The highest BCUT2D eigenvalue weighted by Crippen LogP contribution is 2.39. The first-order valence-corrected chi connectivity index (χ1v) is 10.5. The van der Waals surface area contributed by atoms with E-state index in [1.807, 2.05) is 30.3 Å². The van der Waals surface area contributed by atoms with Gasteiger partial charge in [0.1, 0.15) is 0 Å². The Morgan fingerprint density at radius 1 is 1.10 bits per heavy atom. The maximum absolute atomic E-state index is 12.8. The predicted molar refractivity (Wildman–Crippen MR) is 109 cm³/mol. The monoisotopic (exact) mass is 410 g/mol. The van der Waals surface area contributed by atoms with Gasteiger partial charge in [-0.3, -0.25) is 10.1 Å². The highest BCUT2D eigenvalue weighted by Gasteiger charge is 2.30. The number of aromatic nitrogens is 2. The van der Waals surface area contributed by atoms with Gasteiger partial charge in [-0.2, -0.15) is 5.10 Å². The lowest BCUT2D eigenvalue weighted by Gasteiger charge is -2.16. The molecule has 2 saturated carbocycles. The third kappa shape index (κ3) is 4.69. The molecule has 2 aromatic rings. The molecule has 1 heterocycles. The van der Waals surface area contributed by atoms with Gasteiger partial charge in [-0.05, 0) is 50.8 Å². The van der Waals surface area contributed by atoms with E-state index in [0.717, 1.165) is 49.9 Å². The van der Waals surface area contributed by atoms with Crippen LogP contribution in [0.1, 0.15) is 67.5 Å². The summed E-state index contributed by atoms with van der Waals surface area (Å²) in [6.07, 6.45) is 4.97. The third-order valence-corrected chi connectivity index (χ3v) is 5.51. The number of nitrogens with zero attached hydrogens (tertiary/aromatic N) is 2. The molecule has 0 radical (unpaired) electrons. The summed E-state index contributed by atoms with van der Waals surface area (Å²) in [5.41, 5.74) is 1.85. The third-order valence-electron chi connectivity index (χ3n) is 5.51. The van der Waals surface area contributed by atoms with E-state index in [-0.39, 0.29) is 11.7 Å². The molecule has 1 aromatic carbocycles. The minimum Gasteiger partial charge on any atom is -0.448 e. The zero-order valence-corrected chi connectivity index (χ0v) is 17.0. The number of carbonyl (C=O) groups is 3. The maximum Gasteiger partial charge on any atom is 0.357 e. The lowest BCUT2D eigenvalue weighted by atomic mass is 10.2. The van der Waals surface area contributed by atoms with Crippen LogP contribution < -0.4 is 10.6 Å². The second-order valence-corrected chi connectivity index (χ2v) is 7.97. The maximum atomic E-state index is 12.8. The average molecular weight is 410 g/mol. The van der Waals surface area contributed by atoms with Crippen molar-refractivity contribution < 1.29 is 19.1 Å². The Bertz CT molecular complexity index is 930. The van der Waals surface area contributed by atoms with E-state index in [1.54, 1.807) is 10.7 Å². The van der Waals surface area contributed by atoms with Crippen LogP contribution in [0.3, 0.4) is 0 Å². The van der Waals surface area contributed by atoms with Crippen LogP contribution in [-0.2, 0) is 9.53 Å². The molecular formula is C22H26N4O4. The van der Waals surface area contributed by atoms with Gasteiger partial charge in [0.2, 0.25) is 0 Å². The molecule has 0 saturated heterocycles. The standard InChI is InChI=1S/C22H26N4O4/c1-14(20(27)24-22(29)23-16-7-5-6-8-16)30-21(28)19-13-18(15-11-12-15)25-26(19)17-9-3-2-4-10-17/h2-4,9-10,13-16H,5-8,11-12H2,1H3,(H2,23,24,27,29). The van der Waals surface area contributed by atoms with E-state index in [4.69, 9.17) is 4.74 Å². The molecule has 158 valence electrons. The van der Waals surface area contributed by atoms with Crippen molar-refractivity contribution >= 4 is 17.9 Å². The Kier molecular flexibility index (Phi) is 5.83. The van der Waals surface area contributed by atoms with Crippen LogP contribution in [-0.4, -0.2) is 39.8 Å². The first-order chi connectivity index (χ1) is 14.5. The number of carbonyl (C=O) groups excluding carboxylic acids is 3. The molecule has 2 N–H and O–H groups in total. The number of rotatable bonds is 6. The topological polar surface area (TPSA) is 102 Å². The molecule has 0 aliphatic heterocycles. The second kappa shape index (κ2) is 8.69. The Labute approximate surface area is 175 Å². The molecule has 2 aliphatic rings. The molecule has 1 unspecified atom stereocenters. The van der Waals surface area contributed by atoms with Gasteiger partial charge < -0.3 is 10.1 Å². The SMILES string of the molecule is CC(OC(=O)c1cc(C2CC2)nn1-c1ccccc1)C(=O)NC(=O)NC1CCCC1. The summed E-state index contributed by atoms with van der Waals surface area (Å²) in [4.78, 5) is 37.1. The quantitative estimate of drug-likeness (QED) is 0.713. The highest BCUT2D eigenvalue weighted by molar-refractivity contribution is 5.98. The van der Waals surface area contributed by atoms with Crippen LogP contribution in [0.5, 0.6) is 0 Å². The van der Waals surface area contributed by atoms with Crippen molar-refractivity contribution in [3.63, 3.8) is 0 Å². The summed E-state index contributed by atoms with van der Waals surface area (Å²) >= 11 is 0. The lowest BCUT2D eigenvalue weighted by molar-refractivity contribution is -0.127. The Morgan fingerprint density at radius 3 is 2.47 bits per heavy atom. The normalized spacial score (nSPS) is 17.4. The smallest absolute Gasteiger partial charge is 0.357 e. The molecule has 4 rings (SSSR count). The van der Waals surface area contributed by atoms with Gasteiger partial charge in [-0.1, -0.05) is 31.0 Å². The summed E-state index contributed by atoms with van der Waals surface area (Å²) in [7, 11) is 0. The summed E-state index contributed by atoms with van der Waals surface area (Å²) < 4.78 is 6.90. The van der Waals surface area contributed by atoms with Gasteiger partial charge in [-0.15, -0.1) is 0 Å². The number of urea groups is 1. The van der Waals surface area contributed by atoms with Crippen LogP contribution in [0.25, 0.3) is 5.69 Å². The first-order valence-electron chi connectivity index (χ1n) is 10.5. The van der Waals surface area contributed by atoms with Crippen molar-refractivity contribution in [2.75, 3.05) is 0 Å². The van der Waals surface area contributed by atoms with Gasteiger partial charge in [-0.25, -0.2) is 14.3 Å². The lowest BCUT2D eigenvalue weighted by Crippen LogP contribution is -2.47. The fourth-order valence-electron chi connectivity index (χ4n) is 3.67. The molecule has 1 aromatic heterocycles. The van der Waals surface area contributed by atoms with E-state index in [2.05, 4.69) is 15.7 Å². The van der Waals surface area contributed by atoms with Gasteiger partial charge in [0.05, 0.1) is 11.4 Å². The number of esters is 1. The van der Waals surface area contributed by atoms with Crippen molar-refractivity contribution in [3.8, 4) is 5.69 Å². The molecule has 2 aliphatic carbocycles. The number of hydrogen-bond acceptors (Lipinski definition) is 5. The summed E-state index contributed by atoms with van der Waals surface area (Å²) in [6, 6.07) is 10.6. The zero-order valence-electron chi connectivity index (χ0n) is 17.0. The Balaban J connectivity index is 1.41. The first kappa shape index (κ1) is 20.1. The number of amides is 3. The molecule has 8 heteroatoms. The number of benzene rings is 1. The molecular weight excluding hydrogens is 384 g/mol. The molecule has 8 nitrogen and oxygen atoms in total. The van der Waals surface area contributed by atoms with E-state index in [0.29, 0.717) is 5.92 Å². The van der Waals surface area contributed by atoms with Crippen LogP contribution >= 0.6 is 0 Å².